The molecular weight excluding hydrogens is 1340 g/mol. The molecule has 8 heteroatoms. The molecule has 0 aliphatic carbocycles. The molecule has 0 aromatic heterocycles. The van der Waals surface area contributed by atoms with Gasteiger partial charge in [-0.1, -0.05) is 246 Å². The van der Waals surface area contributed by atoms with E-state index in [2.05, 4.69) is 329 Å². The maximum atomic E-state index is 4.93. The summed E-state index contributed by atoms with van der Waals surface area (Å²) >= 11 is -1.65. The summed E-state index contributed by atoms with van der Waals surface area (Å²) in [4.78, 5) is 0. The number of hydrogen-bond donors (Lipinski definition) is 0. The number of fused-ring (bicyclic) bond motifs is 6. The van der Waals surface area contributed by atoms with Gasteiger partial charge in [0.2, 0.25) is 0 Å². The van der Waals surface area contributed by atoms with Gasteiger partial charge >= 0.3 is 75.7 Å². The van der Waals surface area contributed by atoms with Crippen molar-refractivity contribution in [3.8, 4) is 44.5 Å². The number of benzene rings is 10. The van der Waals surface area contributed by atoms with Crippen LogP contribution in [0.3, 0.4) is 0 Å². The molecule has 0 nitrogen and oxygen atoms in total. The zero-order valence-corrected chi connectivity index (χ0v) is 61.1. The molecule has 0 fully saturated rings. The van der Waals surface area contributed by atoms with E-state index in [1.807, 2.05) is 0 Å². The van der Waals surface area contributed by atoms with Crippen molar-refractivity contribution in [2.24, 2.45) is 0 Å². The first kappa shape index (κ1) is 71.6. The van der Waals surface area contributed by atoms with Gasteiger partial charge in [0.25, 0.3) is 0 Å². The molecule has 14 aromatic carbocycles. The third-order valence-electron chi connectivity index (χ3n) is 14.7. The van der Waals surface area contributed by atoms with Crippen LogP contribution in [0, 0.1) is 41.5 Å². The Labute approximate surface area is 568 Å². The van der Waals surface area contributed by atoms with Crippen LogP contribution in [-0.4, -0.2) is 20.5 Å². The Morgan fingerprint density at radius 1 is 0.295 bits per heavy atom. The Hall–Kier alpha value is -5.48. The van der Waals surface area contributed by atoms with Gasteiger partial charge in [0.15, 0.2) is 0 Å². The van der Waals surface area contributed by atoms with Crippen molar-refractivity contribution in [3.05, 3.63) is 303 Å². The van der Waals surface area contributed by atoms with E-state index in [0.717, 1.165) is 12.8 Å². The molecule has 0 N–H and O–H groups in total. The van der Waals surface area contributed by atoms with Crippen LogP contribution >= 0.6 is 34.1 Å². The SMILES string of the molecule is C[Si].C[Si].Cc1cc2c(-c3cccc4ccccc34)cccc2[cH-]1.Cc1cc2c(-c3cccc4ccccc34)cccc2[cH-]1.Cc1cc2c(-c3ccccc3)cccc2[cH-]1.Cc1cc2c(-c3ccccc3)cccc2[cH-]1.[CH2-]CCCC[CH2-].[Cl][Zr][Cl].[Cl][Zr][Cl]. The predicted octanol–water partition coefficient (Wildman–Crippen LogP) is 25.8. The number of hydrogen-bond acceptors (Lipinski definition) is 0. The summed E-state index contributed by atoms with van der Waals surface area (Å²) in [5.41, 5.74) is 15.8. The van der Waals surface area contributed by atoms with E-state index >= 15 is 0 Å². The van der Waals surface area contributed by atoms with E-state index in [1.165, 1.54) is 144 Å². The summed E-state index contributed by atoms with van der Waals surface area (Å²) in [7, 11) is 25.7. The topological polar surface area (TPSA) is 0 Å². The fraction of sp³-hybridized carbons (Fsp3) is 0.125. The maximum absolute atomic E-state index is 4.93. The van der Waals surface area contributed by atoms with Gasteiger partial charge in [-0.3, -0.25) is 0 Å². The van der Waals surface area contributed by atoms with Crippen molar-refractivity contribution in [2.45, 2.75) is 66.5 Å². The summed E-state index contributed by atoms with van der Waals surface area (Å²) < 4.78 is 0. The molecule has 0 saturated carbocycles. The summed E-state index contributed by atoms with van der Waals surface area (Å²) in [5, 5.41) is 16.0. The van der Waals surface area contributed by atoms with Gasteiger partial charge in [-0.15, -0.1) is 138 Å². The number of unbranched alkanes of at least 4 members (excludes halogenated alkanes) is 3. The first-order valence-electron chi connectivity index (χ1n) is 29.3. The molecule has 0 aliphatic heterocycles. The molecule has 0 atom stereocenters. The normalized spacial score (nSPS) is 10.1. The Bertz CT molecular complexity index is 4000. The van der Waals surface area contributed by atoms with E-state index in [0.29, 0.717) is 0 Å². The summed E-state index contributed by atoms with van der Waals surface area (Å²) in [6.07, 6.45) is 4.61. The van der Waals surface area contributed by atoms with Gasteiger partial charge in [0, 0.05) is 20.5 Å². The van der Waals surface area contributed by atoms with Crippen molar-refractivity contribution in [2.75, 3.05) is 0 Å². The minimum atomic E-state index is -0.826. The van der Waals surface area contributed by atoms with Crippen LogP contribution < -0.4 is 0 Å². The number of aryl methyl sites for hydroxylation is 4. The zero-order chi connectivity index (χ0) is 63.2. The Morgan fingerprint density at radius 3 is 0.818 bits per heavy atom. The second-order valence-corrected chi connectivity index (χ2v) is 28.2. The molecule has 0 bridgehead atoms. The van der Waals surface area contributed by atoms with Gasteiger partial charge in [-0.2, -0.15) is 37.1 Å². The Morgan fingerprint density at radius 2 is 0.523 bits per heavy atom. The summed E-state index contributed by atoms with van der Waals surface area (Å²) in [6, 6.07) is 95.6. The minimum absolute atomic E-state index is 0.826. The van der Waals surface area contributed by atoms with Crippen molar-refractivity contribution < 1.29 is 41.7 Å². The van der Waals surface area contributed by atoms with Crippen LogP contribution in [0.2, 0.25) is 13.1 Å². The second-order valence-electron chi connectivity index (χ2n) is 20.7. The van der Waals surface area contributed by atoms with Crippen LogP contribution in [0.5, 0.6) is 0 Å². The number of halogens is 4. The second kappa shape index (κ2) is 38.9. The Balaban J connectivity index is 0.000000174. The molecular formula is C80H74Cl4Si2Zr2-6. The van der Waals surface area contributed by atoms with Gasteiger partial charge < -0.3 is 13.8 Å². The molecule has 0 amide bonds. The monoisotopic (exact) mass is 1410 g/mol. The van der Waals surface area contributed by atoms with Crippen molar-refractivity contribution in [3.63, 3.8) is 0 Å². The number of rotatable bonds is 7. The Kier molecular flexibility index (Phi) is 31.7. The molecule has 444 valence electrons. The molecule has 0 spiro atoms. The van der Waals surface area contributed by atoms with E-state index in [-0.39, 0.29) is 0 Å². The van der Waals surface area contributed by atoms with Crippen molar-refractivity contribution in [1.29, 1.82) is 0 Å². The zero-order valence-electron chi connectivity index (χ0n) is 51.2. The van der Waals surface area contributed by atoms with Crippen LogP contribution in [0.4, 0.5) is 0 Å². The third-order valence-corrected chi connectivity index (χ3v) is 14.7. The average Bonchev–Trinajstić information content (AvgIpc) is 4.17. The van der Waals surface area contributed by atoms with Gasteiger partial charge in [0.05, 0.1) is 0 Å². The van der Waals surface area contributed by atoms with Gasteiger partial charge in [-0.05, 0) is 43.8 Å². The first-order chi connectivity index (χ1) is 43.1. The summed E-state index contributed by atoms with van der Waals surface area (Å²) in [5.74, 6) is 0. The molecule has 0 heterocycles. The molecule has 0 saturated heterocycles. The molecule has 88 heavy (non-hydrogen) atoms. The van der Waals surface area contributed by atoms with E-state index in [1.54, 1.807) is 13.1 Å². The van der Waals surface area contributed by atoms with E-state index < -0.39 is 41.7 Å². The fourth-order valence-corrected chi connectivity index (χ4v) is 11.0. The van der Waals surface area contributed by atoms with Crippen LogP contribution in [0.25, 0.3) is 109 Å². The third kappa shape index (κ3) is 20.0. The molecule has 14 rings (SSSR count). The average molecular weight is 1420 g/mol. The van der Waals surface area contributed by atoms with E-state index in [9.17, 15) is 0 Å². The van der Waals surface area contributed by atoms with E-state index in [4.69, 9.17) is 34.1 Å². The van der Waals surface area contributed by atoms with Gasteiger partial charge in [0.1, 0.15) is 0 Å². The first-order valence-corrected chi connectivity index (χ1v) is 44.0. The predicted molar refractivity (Wildman–Crippen MR) is 390 cm³/mol. The standard InChI is InChI=1S/2C20H15.2C16H13.C6H12.2CH3Si.4ClH.2Zr/c2*1-14-12-16-8-5-11-19(20(16)13-14)18-10-4-7-15-6-2-3-9-17(15)18;2*1-12-10-14-8-5-9-15(16(14)11-12)13-6-3-2-4-7-13;1-3-5-6-4-2;2*1-2;;;;;;/h2*2-13H,1H3;2*2-11H,1H3;1-6H2;2*1H3;4*1H;;/q4*-1;-2;;;;;;;2*+2/p-4. The van der Waals surface area contributed by atoms with Gasteiger partial charge in [-0.25, -0.2) is 0 Å². The van der Waals surface area contributed by atoms with Crippen molar-refractivity contribution in [1.82, 2.24) is 0 Å². The molecule has 14 aromatic rings. The fourth-order valence-electron chi connectivity index (χ4n) is 11.0. The molecule has 0 aliphatic rings. The quantitative estimate of drug-likeness (QED) is 0.0848. The van der Waals surface area contributed by atoms with Crippen LogP contribution in [0.15, 0.2) is 267 Å². The molecule has 0 unspecified atom stereocenters. The van der Waals surface area contributed by atoms with Crippen LogP contribution in [-0.2, 0) is 41.7 Å². The van der Waals surface area contributed by atoms with Crippen LogP contribution in [0.1, 0.15) is 47.9 Å². The molecule has 6 radical (unpaired) electrons. The summed E-state index contributed by atoms with van der Waals surface area (Å²) in [6.45, 7) is 19.6. The van der Waals surface area contributed by atoms with Crippen molar-refractivity contribution >= 4 is 119 Å².